The number of carbonyl (C=O) groups is 2. The van der Waals surface area contributed by atoms with Crippen LogP contribution in [-0.4, -0.2) is 41.6 Å². The van der Waals surface area contributed by atoms with Gasteiger partial charge in [0.25, 0.3) is 5.91 Å². The Morgan fingerprint density at radius 3 is 2.94 bits per heavy atom. The number of hydrogen-bond donors (Lipinski definition) is 1. The zero-order valence-corrected chi connectivity index (χ0v) is 10.2. The summed E-state index contributed by atoms with van der Waals surface area (Å²) in [7, 11) is 0. The highest BCUT2D eigenvalue weighted by atomic mass is 16.5. The predicted octanol–water partition coefficient (Wildman–Crippen LogP) is 1.38. The maximum absolute atomic E-state index is 12.1. The van der Waals surface area contributed by atoms with Crippen LogP contribution in [-0.2, 0) is 11.3 Å². The lowest BCUT2D eigenvalue weighted by Gasteiger charge is -2.15. The molecule has 0 radical (unpaired) electrons. The van der Waals surface area contributed by atoms with E-state index in [1.165, 1.54) is 6.07 Å². The van der Waals surface area contributed by atoms with Crippen molar-refractivity contribution in [1.82, 2.24) is 4.90 Å². The van der Waals surface area contributed by atoms with E-state index in [0.717, 1.165) is 5.56 Å². The van der Waals surface area contributed by atoms with Crippen LogP contribution in [0.25, 0.3) is 0 Å². The van der Waals surface area contributed by atoms with Crippen molar-refractivity contribution < 1.29 is 19.4 Å². The zero-order chi connectivity index (χ0) is 13.1. The number of amides is 1. The number of rotatable bonds is 5. The van der Waals surface area contributed by atoms with Gasteiger partial charge in [0, 0.05) is 19.7 Å². The van der Waals surface area contributed by atoms with Crippen LogP contribution in [0, 0.1) is 0 Å². The highest BCUT2D eigenvalue weighted by Gasteiger charge is 2.31. The Morgan fingerprint density at radius 2 is 2.28 bits per heavy atom. The van der Waals surface area contributed by atoms with Gasteiger partial charge in [0.05, 0.1) is 17.7 Å². The van der Waals surface area contributed by atoms with Crippen molar-refractivity contribution in [2.24, 2.45) is 0 Å². The standard InChI is InChI=1S/C13H15NO4/c1-2-18-7-6-14-8-9-4-3-5-10(13(16)17)11(9)12(14)15/h3-5H,2,6-8H2,1H3,(H,16,17). The van der Waals surface area contributed by atoms with Gasteiger partial charge in [0.15, 0.2) is 0 Å². The minimum absolute atomic E-state index is 0.0800. The van der Waals surface area contributed by atoms with Crippen LogP contribution < -0.4 is 0 Å². The first kappa shape index (κ1) is 12.6. The first-order valence-corrected chi connectivity index (χ1v) is 5.87. The molecule has 2 rings (SSSR count). The van der Waals surface area contributed by atoms with Gasteiger partial charge in [-0.15, -0.1) is 0 Å². The SMILES string of the molecule is CCOCCN1Cc2cccc(C(=O)O)c2C1=O. The number of nitrogens with zero attached hydrogens (tertiary/aromatic N) is 1. The predicted molar refractivity (Wildman–Crippen MR) is 64.6 cm³/mol. The third-order valence-corrected chi connectivity index (χ3v) is 2.95. The maximum atomic E-state index is 12.1. The molecule has 18 heavy (non-hydrogen) atoms. The third-order valence-electron chi connectivity index (χ3n) is 2.95. The molecule has 5 nitrogen and oxygen atoms in total. The van der Waals surface area contributed by atoms with E-state index in [1.54, 1.807) is 17.0 Å². The van der Waals surface area contributed by atoms with E-state index >= 15 is 0 Å². The molecule has 1 N–H and O–H groups in total. The first-order valence-electron chi connectivity index (χ1n) is 5.87. The molecule has 1 aliphatic heterocycles. The van der Waals surface area contributed by atoms with Crippen LogP contribution >= 0.6 is 0 Å². The van der Waals surface area contributed by atoms with Crippen LogP contribution in [0.15, 0.2) is 18.2 Å². The minimum Gasteiger partial charge on any atom is -0.478 e. The number of fused-ring (bicyclic) bond motifs is 1. The number of hydrogen-bond acceptors (Lipinski definition) is 3. The lowest BCUT2D eigenvalue weighted by Crippen LogP contribution is -2.28. The molecular formula is C13H15NO4. The van der Waals surface area contributed by atoms with E-state index in [2.05, 4.69) is 0 Å². The molecule has 1 aromatic carbocycles. The monoisotopic (exact) mass is 249 g/mol. The van der Waals surface area contributed by atoms with Gasteiger partial charge in [-0.2, -0.15) is 0 Å². The summed E-state index contributed by atoms with van der Waals surface area (Å²) in [5, 5.41) is 9.07. The molecule has 0 atom stereocenters. The number of benzene rings is 1. The fraction of sp³-hybridized carbons (Fsp3) is 0.385. The van der Waals surface area contributed by atoms with Gasteiger partial charge < -0.3 is 14.7 Å². The lowest BCUT2D eigenvalue weighted by atomic mass is 10.0. The molecule has 0 spiro atoms. The van der Waals surface area contributed by atoms with Crippen molar-refractivity contribution >= 4 is 11.9 Å². The van der Waals surface area contributed by atoms with Crippen LogP contribution in [0.4, 0.5) is 0 Å². The summed E-state index contributed by atoms with van der Waals surface area (Å²) >= 11 is 0. The topological polar surface area (TPSA) is 66.8 Å². The second-order valence-electron chi connectivity index (χ2n) is 4.07. The zero-order valence-electron chi connectivity index (χ0n) is 10.2. The molecule has 1 aromatic rings. The Labute approximate surface area is 105 Å². The smallest absolute Gasteiger partial charge is 0.336 e. The Bertz CT molecular complexity index is 484. The largest absolute Gasteiger partial charge is 0.478 e. The van der Waals surface area contributed by atoms with Gasteiger partial charge >= 0.3 is 5.97 Å². The van der Waals surface area contributed by atoms with Gasteiger partial charge in [-0.05, 0) is 18.6 Å². The Kier molecular flexibility index (Phi) is 3.62. The molecular weight excluding hydrogens is 234 g/mol. The van der Waals surface area contributed by atoms with E-state index in [0.29, 0.717) is 31.9 Å². The summed E-state index contributed by atoms with van der Waals surface area (Å²) in [5.41, 5.74) is 1.18. The van der Waals surface area contributed by atoms with Gasteiger partial charge in [0.1, 0.15) is 0 Å². The third kappa shape index (κ3) is 2.22. The fourth-order valence-electron chi connectivity index (χ4n) is 2.10. The van der Waals surface area contributed by atoms with Crippen molar-refractivity contribution in [1.29, 1.82) is 0 Å². The average molecular weight is 249 g/mol. The molecule has 0 fully saturated rings. The number of carboxylic acids is 1. The summed E-state index contributed by atoms with van der Waals surface area (Å²) in [4.78, 5) is 24.8. The maximum Gasteiger partial charge on any atom is 0.336 e. The van der Waals surface area contributed by atoms with E-state index in [-0.39, 0.29) is 11.5 Å². The molecule has 0 bridgehead atoms. The highest BCUT2D eigenvalue weighted by molar-refractivity contribution is 6.07. The summed E-state index contributed by atoms with van der Waals surface area (Å²) in [6, 6.07) is 4.92. The van der Waals surface area contributed by atoms with Crippen molar-refractivity contribution in [2.75, 3.05) is 19.8 Å². The minimum atomic E-state index is -1.06. The Balaban J connectivity index is 2.20. The van der Waals surface area contributed by atoms with E-state index in [4.69, 9.17) is 9.84 Å². The molecule has 1 amide bonds. The van der Waals surface area contributed by atoms with Crippen LogP contribution in [0.5, 0.6) is 0 Å². The fourth-order valence-corrected chi connectivity index (χ4v) is 2.10. The second-order valence-corrected chi connectivity index (χ2v) is 4.07. The van der Waals surface area contributed by atoms with E-state index in [1.807, 2.05) is 6.92 Å². The normalized spacial score (nSPS) is 13.8. The molecule has 1 aliphatic rings. The van der Waals surface area contributed by atoms with Crippen molar-refractivity contribution in [3.8, 4) is 0 Å². The number of carbonyl (C=O) groups excluding carboxylic acids is 1. The lowest BCUT2D eigenvalue weighted by molar-refractivity contribution is 0.0654. The van der Waals surface area contributed by atoms with E-state index < -0.39 is 5.97 Å². The van der Waals surface area contributed by atoms with Crippen molar-refractivity contribution in [3.05, 3.63) is 34.9 Å². The van der Waals surface area contributed by atoms with Gasteiger partial charge in [-0.25, -0.2) is 4.79 Å². The first-order chi connectivity index (χ1) is 8.65. The summed E-state index contributed by atoms with van der Waals surface area (Å²) < 4.78 is 5.21. The van der Waals surface area contributed by atoms with E-state index in [9.17, 15) is 9.59 Å². The van der Waals surface area contributed by atoms with Gasteiger partial charge in [-0.3, -0.25) is 4.79 Å². The molecule has 0 aromatic heterocycles. The highest BCUT2D eigenvalue weighted by Crippen LogP contribution is 2.25. The number of ether oxygens (including phenoxy) is 1. The molecule has 0 saturated heterocycles. The summed E-state index contributed by atoms with van der Waals surface area (Å²) in [5.74, 6) is -1.28. The van der Waals surface area contributed by atoms with Gasteiger partial charge in [-0.1, -0.05) is 12.1 Å². The molecule has 1 heterocycles. The Morgan fingerprint density at radius 1 is 1.50 bits per heavy atom. The van der Waals surface area contributed by atoms with Crippen molar-refractivity contribution in [2.45, 2.75) is 13.5 Å². The summed E-state index contributed by atoms with van der Waals surface area (Å²) in [6.45, 7) is 3.92. The molecule has 5 heteroatoms. The number of carboxylic acid groups (broad SMARTS) is 1. The molecule has 0 saturated carbocycles. The average Bonchev–Trinajstić information content (AvgIpc) is 2.67. The van der Waals surface area contributed by atoms with Gasteiger partial charge in [0.2, 0.25) is 0 Å². The number of aromatic carboxylic acids is 1. The molecule has 0 aliphatic carbocycles. The Hall–Kier alpha value is -1.88. The quantitative estimate of drug-likeness (QED) is 0.800. The van der Waals surface area contributed by atoms with Crippen LogP contribution in [0.3, 0.4) is 0 Å². The van der Waals surface area contributed by atoms with Crippen LogP contribution in [0.1, 0.15) is 33.2 Å². The second kappa shape index (κ2) is 5.18. The van der Waals surface area contributed by atoms with Crippen LogP contribution in [0.2, 0.25) is 0 Å². The molecule has 96 valence electrons. The molecule has 0 unspecified atom stereocenters. The van der Waals surface area contributed by atoms with Crippen molar-refractivity contribution in [3.63, 3.8) is 0 Å². The summed E-state index contributed by atoms with van der Waals surface area (Å²) in [6.07, 6.45) is 0.